The molecular formula is C19H22N4O5S2. The number of aliphatic hydroxyl groups is 1. The number of aliphatic hydroxyl groups excluding tert-OH is 1. The Balaban J connectivity index is 1.50. The maximum atomic E-state index is 12.4. The summed E-state index contributed by atoms with van der Waals surface area (Å²) >= 11 is 2.36. The van der Waals surface area contributed by atoms with Crippen LogP contribution in [0.25, 0.3) is 0 Å². The second kappa shape index (κ2) is 10.0. The first-order valence-corrected chi connectivity index (χ1v) is 11.0. The van der Waals surface area contributed by atoms with Crippen molar-refractivity contribution in [1.82, 2.24) is 15.6 Å². The molecule has 1 aromatic heterocycles. The van der Waals surface area contributed by atoms with Crippen LogP contribution >= 0.6 is 23.1 Å². The molecule has 0 aliphatic carbocycles. The number of nitrogens with zero attached hydrogens (tertiary/aromatic N) is 1. The van der Waals surface area contributed by atoms with Crippen LogP contribution in [0.4, 0.5) is 5.13 Å². The highest BCUT2D eigenvalue weighted by atomic mass is 32.2. The number of nitrogens with one attached hydrogen (secondary N) is 3. The zero-order valence-electron chi connectivity index (χ0n) is 16.4. The molecule has 0 saturated carbocycles. The van der Waals surface area contributed by atoms with Gasteiger partial charge in [0, 0.05) is 4.88 Å². The maximum absolute atomic E-state index is 12.4. The molecule has 1 saturated heterocycles. The Morgan fingerprint density at radius 2 is 2.07 bits per heavy atom. The minimum atomic E-state index is -1.07. The van der Waals surface area contributed by atoms with Crippen LogP contribution in [0, 0.1) is 6.92 Å². The zero-order valence-corrected chi connectivity index (χ0v) is 18.0. The number of methoxy groups -OCH3 is 1. The Kier molecular flexibility index (Phi) is 7.43. The number of hydrogen-bond donors (Lipinski definition) is 4. The topological polar surface area (TPSA) is 130 Å². The third-order valence-corrected chi connectivity index (χ3v) is 6.49. The standard InChI is InChI=1S/C19H22N4O5S2/c1-10-12(8-14(25)28-2)30-19(20-10)21-13(24)9-29-18-22-16(26)15(17(27)23-18)11-6-4-3-5-7-11/h3-7,15-16,18,22,26H,8-9H2,1-2H3,(H,23,27)(H,20,21,24). The van der Waals surface area contributed by atoms with Gasteiger partial charge in [-0.2, -0.15) is 0 Å². The van der Waals surface area contributed by atoms with Gasteiger partial charge in [-0.05, 0) is 12.5 Å². The second-order valence-corrected chi connectivity index (χ2v) is 8.71. The normalized spacial score (nSPS) is 21.0. The van der Waals surface area contributed by atoms with E-state index in [9.17, 15) is 19.5 Å². The summed E-state index contributed by atoms with van der Waals surface area (Å²) in [5.41, 5.74) is 0.758. The summed E-state index contributed by atoms with van der Waals surface area (Å²) in [5, 5.41) is 19.1. The van der Waals surface area contributed by atoms with Gasteiger partial charge in [0.15, 0.2) is 5.13 Å². The van der Waals surface area contributed by atoms with E-state index >= 15 is 0 Å². The van der Waals surface area contributed by atoms with E-state index in [4.69, 9.17) is 0 Å². The fourth-order valence-corrected chi connectivity index (χ4v) is 4.69. The molecule has 1 fully saturated rings. The number of thiazole rings is 1. The number of aromatic nitrogens is 1. The Bertz CT molecular complexity index is 921. The van der Waals surface area contributed by atoms with Crippen LogP contribution in [0.1, 0.15) is 22.1 Å². The van der Waals surface area contributed by atoms with Crippen LogP contribution in [-0.2, 0) is 25.5 Å². The molecule has 160 valence electrons. The van der Waals surface area contributed by atoms with Crippen molar-refractivity contribution in [2.45, 2.75) is 31.0 Å². The summed E-state index contributed by atoms with van der Waals surface area (Å²) in [6.07, 6.45) is -0.965. The molecule has 9 nitrogen and oxygen atoms in total. The van der Waals surface area contributed by atoms with Gasteiger partial charge in [-0.25, -0.2) is 4.98 Å². The van der Waals surface area contributed by atoms with E-state index in [0.717, 1.165) is 16.6 Å². The van der Waals surface area contributed by atoms with E-state index in [-0.39, 0.29) is 30.0 Å². The number of amides is 2. The van der Waals surface area contributed by atoms with Crippen molar-refractivity contribution >= 4 is 46.0 Å². The predicted octanol–water partition coefficient (Wildman–Crippen LogP) is 0.944. The molecule has 30 heavy (non-hydrogen) atoms. The van der Waals surface area contributed by atoms with Crippen LogP contribution in [-0.4, -0.2) is 52.5 Å². The predicted molar refractivity (Wildman–Crippen MR) is 114 cm³/mol. The van der Waals surface area contributed by atoms with Gasteiger partial charge in [0.05, 0.1) is 25.0 Å². The van der Waals surface area contributed by atoms with Crippen LogP contribution < -0.4 is 16.0 Å². The summed E-state index contributed by atoms with van der Waals surface area (Å²) in [7, 11) is 1.32. The van der Waals surface area contributed by atoms with Crippen LogP contribution in [0.15, 0.2) is 30.3 Å². The Morgan fingerprint density at radius 3 is 2.73 bits per heavy atom. The highest BCUT2D eigenvalue weighted by Crippen LogP contribution is 2.26. The fraction of sp³-hybridized carbons (Fsp3) is 0.368. The minimum absolute atomic E-state index is 0.0334. The first kappa shape index (κ1) is 22.2. The average Bonchev–Trinajstić information content (AvgIpc) is 3.05. The smallest absolute Gasteiger partial charge is 0.310 e. The van der Waals surface area contributed by atoms with E-state index in [2.05, 4.69) is 25.7 Å². The highest BCUT2D eigenvalue weighted by molar-refractivity contribution is 8.00. The van der Waals surface area contributed by atoms with Gasteiger partial charge in [0.2, 0.25) is 11.8 Å². The summed E-state index contributed by atoms with van der Waals surface area (Å²) in [6, 6.07) is 9.00. The van der Waals surface area contributed by atoms with Gasteiger partial charge in [0.25, 0.3) is 0 Å². The van der Waals surface area contributed by atoms with Crippen LogP contribution in [0.2, 0.25) is 0 Å². The summed E-state index contributed by atoms with van der Waals surface area (Å²) < 4.78 is 4.65. The van der Waals surface area contributed by atoms with Gasteiger partial charge >= 0.3 is 5.97 Å². The number of esters is 1. The molecule has 3 unspecified atom stereocenters. The first-order chi connectivity index (χ1) is 14.4. The Hall–Kier alpha value is -2.47. The van der Waals surface area contributed by atoms with E-state index in [1.54, 1.807) is 31.2 Å². The molecule has 0 radical (unpaired) electrons. The third-order valence-electron chi connectivity index (χ3n) is 4.41. The van der Waals surface area contributed by atoms with Crippen molar-refractivity contribution in [3.05, 3.63) is 46.5 Å². The molecule has 1 aliphatic heterocycles. The highest BCUT2D eigenvalue weighted by Gasteiger charge is 2.36. The molecule has 11 heteroatoms. The second-order valence-electron chi connectivity index (χ2n) is 6.53. The molecular weight excluding hydrogens is 428 g/mol. The van der Waals surface area contributed by atoms with E-state index in [1.807, 2.05) is 6.07 Å². The number of benzene rings is 1. The fourth-order valence-electron chi connectivity index (χ4n) is 2.90. The largest absolute Gasteiger partial charge is 0.469 e. The maximum Gasteiger partial charge on any atom is 0.310 e. The van der Waals surface area contributed by atoms with Gasteiger partial charge < -0.3 is 20.5 Å². The SMILES string of the molecule is COC(=O)Cc1sc(NC(=O)CSC2NC(=O)C(c3ccccc3)C(O)N2)nc1C. The van der Waals surface area contributed by atoms with Crippen molar-refractivity contribution in [2.24, 2.45) is 0 Å². The molecule has 2 amide bonds. The molecule has 1 aromatic carbocycles. The third kappa shape index (κ3) is 5.57. The summed E-state index contributed by atoms with van der Waals surface area (Å²) in [5.74, 6) is -1.68. The molecule has 1 aliphatic rings. The van der Waals surface area contributed by atoms with Crippen LogP contribution in [0.5, 0.6) is 0 Å². The Morgan fingerprint density at radius 1 is 1.33 bits per heavy atom. The zero-order chi connectivity index (χ0) is 21.7. The molecule has 2 aromatic rings. The number of ether oxygens (including phenoxy) is 1. The van der Waals surface area contributed by atoms with Gasteiger partial charge in [-0.15, -0.1) is 23.1 Å². The molecule has 4 N–H and O–H groups in total. The van der Waals surface area contributed by atoms with E-state index in [0.29, 0.717) is 16.4 Å². The number of hydrogen-bond acceptors (Lipinski definition) is 9. The van der Waals surface area contributed by atoms with Gasteiger partial charge in [0.1, 0.15) is 17.6 Å². The van der Waals surface area contributed by atoms with Crippen molar-refractivity contribution in [1.29, 1.82) is 0 Å². The van der Waals surface area contributed by atoms with Crippen molar-refractivity contribution in [3.8, 4) is 0 Å². The van der Waals surface area contributed by atoms with Crippen molar-refractivity contribution < 1.29 is 24.2 Å². The van der Waals surface area contributed by atoms with Crippen molar-refractivity contribution in [2.75, 3.05) is 18.2 Å². The lowest BCUT2D eigenvalue weighted by Crippen LogP contribution is -2.59. The number of carbonyl (C=O) groups excluding carboxylic acids is 3. The monoisotopic (exact) mass is 450 g/mol. The first-order valence-electron chi connectivity index (χ1n) is 9.11. The van der Waals surface area contributed by atoms with Crippen LogP contribution in [0.3, 0.4) is 0 Å². The average molecular weight is 451 g/mol. The van der Waals surface area contributed by atoms with E-state index in [1.165, 1.54) is 18.4 Å². The minimum Gasteiger partial charge on any atom is -0.469 e. The number of rotatable bonds is 7. The molecule has 3 atom stereocenters. The lowest BCUT2D eigenvalue weighted by Gasteiger charge is -2.34. The molecule has 3 rings (SSSR count). The number of carbonyl (C=O) groups is 3. The Labute approximate surface area is 181 Å². The van der Waals surface area contributed by atoms with Gasteiger partial charge in [-0.1, -0.05) is 30.3 Å². The lowest BCUT2D eigenvalue weighted by molar-refractivity contribution is -0.139. The number of aryl methyl sites for hydroxylation is 1. The summed E-state index contributed by atoms with van der Waals surface area (Å²) in [6.45, 7) is 1.76. The summed E-state index contributed by atoms with van der Waals surface area (Å²) in [4.78, 5) is 41.1. The van der Waals surface area contributed by atoms with Crippen molar-refractivity contribution in [3.63, 3.8) is 0 Å². The molecule has 0 spiro atoms. The molecule has 2 heterocycles. The number of thioether (sulfide) groups is 1. The lowest BCUT2D eigenvalue weighted by atomic mass is 9.95. The molecule has 0 bridgehead atoms. The number of anilines is 1. The quantitative estimate of drug-likeness (QED) is 0.459. The van der Waals surface area contributed by atoms with E-state index < -0.39 is 17.6 Å². The van der Waals surface area contributed by atoms with Gasteiger partial charge in [-0.3, -0.25) is 19.7 Å².